The molecule has 0 aromatic heterocycles. The number of anilines is 2. The average Bonchev–Trinajstić information content (AvgIpc) is 2.48. The predicted molar refractivity (Wildman–Crippen MR) is 79.2 cm³/mol. The summed E-state index contributed by atoms with van der Waals surface area (Å²) in [5.74, 6) is -0.141. The van der Waals surface area contributed by atoms with Crippen molar-refractivity contribution in [1.29, 1.82) is 0 Å². The molecule has 1 aromatic rings. The quantitative estimate of drug-likeness (QED) is 0.893. The molecule has 0 saturated carbocycles. The molecule has 5 nitrogen and oxygen atoms in total. The highest BCUT2D eigenvalue weighted by Crippen LogP contribution is 2.22. The average molecular weight is 278 g/mol. The van der Waals surface area contributed by atoms with Crippen LogP contribution in [0.25, 0.3) is 0 Å². The van der Waals surface area contributed by atoms with Gasteiger partial charge in [0.05, 0.1) is 6.10 Å². The minimum atomic E-state index is -0.141. The molecule has 110 valence electrons. The van der Waals surface area contributed by atoms with Gasteiger partial charge >= 0.3 is 0 Å². The highest BCUT2D eigenvalue weighted by molar-refractivity contribution is 5.91. The summed E-state index contributed by atoms with van der Waals surface area (Å²) in [7, 11) is 3.27. The maximum absolute atomic E-state index is 11.4. The molecule has 1 amide bonds. The van der Waals surface area contributed by atoms with Crippen LogP contribution in [0.2, 0.25) is 0 Å². The molecule has 1 aliphatic rings. The minimum absolute atomic E-state index is 0.0728. The smallest absolute Gasteiger partial charge is 0.250 e. The van der Waals surface area contributed by atoms with E-state index in [4.69, 9.17) is 9.47 Å². The van der Waals surface area contributed by atoms with Gasteiger partial charge < -0.3 is 19.7 Å². The fraction of sp³-hybridized carbons (Fsp3) is 0.533. The number of piperidine rings is 1. The van der Waals surface area contributed by atoms with Crippen molar-refractivity contribution in [2.45, 2.75) is 18.9 Å². The highest BCUT2D eigenvalue weighted by atomic mass is 16.5. The van der Waals surface area contributed by atoms with Gasteiger partial charge in [-0.3, -0.25) is 4.79 Å². The normalized spacial score (nSPS) is 18.9. The van der Waals surface area contributed by atoms with E-state index in [-0.39, 0.29) is 12.5 Å². The van der Waals surface area contributed by atoms with Crippen LogP contribution in [0.1, 0.15) is 12.8 Å². The summed E-state index contributed by atoms with van der Waals surface area (Å²) in [4.78, 5) is 13.7. The van der Waals surface area contributed by atoms with Crippen molar-refractivity contribution in [3.8, 4) is 0 Å². The minimum Gasteiger partial charge on any atom is -0.380 e. The summed E-state index contributed by atoms with van der Waals surface area (Å²) in [5, 5.41) is 2.79. The molecule has 1 aliphatic heterocycles. The molecular weight excluding hydrogens is 256 g/mol. The van der Waals surface area contributed by atoms with Gasteiger partial charge in [0.1, 0.15) is 6.61 Å². The third-order valence-corrected chi connectivity index (χ3v) is 3.50. The standard InChI is InChI=1S/C15H22N2O3/c1-19-11-15(18)16-12-5-7-13(8-6-12)17-9-3-4-14(10-17)20-2/h5-8,14H,3-4,9-11H2,1-2H3,(H,16,18). The molecular formula is C15H22N2O3. The van der Waals surface area contributed by atoms with Crippen LogP contribution in [-0.2, 0) is 14.3 Å². The number of rotatable bonds is 5. The van der Waals surface area contributed by atoms with Gasteiger partial charge in [-0.15, -0.1) is 0 Å². The molecule has 0 aliphatic carbocycles. The van der Waals surface area contributed by atoms with E-state index in [1.54, 1.807) is 7.11 Å². The number of benzene rings is 1. The maximum atomic E-state index is 11.4. The zero-order valence-corrected chi connectivity index (χ0v) is 12.1. The highest BCUT2D eigenvalue weighted by Gasteiger charge is 2.19. The molecule has 1 fully saturated rings. The number of carbonyl (C=O) groups is 1. The molecule has 0 bridgehead atoms. The SMILES string of the molecule is COCC(=O)Nc1ccc(N2CCCC(OC)C2)cc1. The Labute approximate surface area is 119 Å². The van der Waals surface area contributed by atoms with E-state index in [9.17, 15) is 4.79 Å². The summed E-state index contributed by atoms with van der Waals surface area (Å²) in [6.45, 7) is 2.05. The third kappa shape index (κ3) is 3.95. The van der Waals surface area contributed by atoms with Crippen molar-refractivity contribution >= 4 is 17.3 Å². The molecule has 2 rings (SSSR count). The molecule has 1 aromatic carbocycles. The Morgan fingerprint density at radius 3 is 2.75 bits per heavy atom. The first kappa shape index (κ1) is 14.8. The Morgan fingerprint density at radius 1 is 1.35 bits per heavy atom. The number of methoxy groups -OCH3 is 2. The lowest BCUT2D eigenvalue weighted by Gasteiger charge is -2.33. The molecule has 1 unspecified atom stereocenters. The number of nitrogens with one attached hydrogen (secondary N) is 1. The van der Waals surface area contributed by atoms with Gasteiger partial charge in [0.25, 0.3) is 0 Å². The van der Waals surface area contributed by atoms with Gasteiger partial charge in [0, 0.05) is 38.7 Å². The number of hydrogen-bond acceptors (Lipinski definition) is 4. The second kappa shape index (κ2) is 7.26. The molecule has 1 atom stereocenters. The predicted octanol–water partition coefficient (Wildman–Crippen LogP) is 1.89. The Kier molecular flexibility index (Phi) is 5.38. The second-order valence-electron chi connectivity index (χ2n) is 4.97. The van der Waals surface area contributed by atoms with Crippen LogP contribution in [0.5, 0.6) is 0 Å². The van der Waals surface area contributed by atoms with Crippen LogP contribution >= 0.6 is 0 Å². The summed E-state index contributed by atoms with van der Waals surface area (Å²) in [6, 6.07) is 7.89. The van der Waals surface area contributed by atoms with Crippen molar-refractivity contribution in [1.82, 2.24) is 0 Å². The molecule has 1 heterocycles. The van der Waals surface area contributed by atoms with E-state index in [1.807, 2.05) is 24.3 Å². The van der Waals surface area contributed by atoms with Crippen molar-refractivity contribution in [2.24, 2.45) is 0 Å². The van der Waals surface area contributed by atoms with Crippen LogP contribution in [0, 0.1) is 0 Å². The van der Waals surface area contributed by atoms with Crippen LogP contribution in [0.4, 0.5) is 11.4 Å². The Hall–Kier alpha value is -1.59. The van der Waals surface area contributed by atoms with E-state index in [1.165, 1.54) is 7.11 Å². The summed E-state index contributed by atoms with van der Waals surface area (Å²) >= 11 is 0. The van der Waals surface area contributed by atoms with E-state index in [2.05, 4.69) is 10.2 Å². The first-order valence-electron chi connectivity index (χ1n) is 6.89. The lowest BCUT2D eigenvalue weighted by Crippen LogP contribution is -2.39. The van der Waals surface area contributed by atoms with Crippen molar-refractivity contribution in [3.05, 3.63) is 24.3 Å². The van der Waals surface area contributed by atoms with Gasteiger partial charge in [0.15, 0.2) is 0 Å². The van der Waals surface area contributed by atoms with Gasteiger partial charge in [0.2, 0.25) is 5.91 Å². The van der Waals surface area contributed by atoms with Crippen molar-refractivity contribution < 1.29 is 14.3 Å². The lowest BCUT2D eigenvalue weighted by molar-refractivity contribution is -0.119. The number of carbonyl (C=O) groups excluding carboxylic acids is 1. The number of hydrogen-bond donors (Lipinski definition) is 1. The number of ether oxygens (including phenoxy) is 2. The zero-order valence-electron chi connectivity index (χ0n) is 12.1. The van der Waals surface area contributed by atoms with E-state index >= 15 is 0 Å². The lowest BCUT2D eigenvalue weighted by atomic mass is 10.1. The number of nitrogens with zero attached hydrogens (tertiary/aromatic N) is 1. The van der Waals surface area contributed by atoms with Gasteiger partial charge in [-0.05, 0) is 37.1 Å². The van der Waals surface area contributed by atoms with Crippen LogP contribution < -0.4 is 10.2 Å². The van der Waals surface area contributed by atoms with Gasteiger partial charge in [-0.2, -0.15) is 0 Å². The fourth-order valence-electron chi connectivity index (χ4n) is 2.45. The largest absolute Gasteiger partial charge is 0.380 e. The second-order valence-corrected chi connectivity index (χ2v) is 4.97. The maximum Gasteiger partial charge on any atom is 0.250 e. The summed E-state index contributed by atoms with van der Waals surface area (Å²) in [6.07, 6.45) is 2.58. The van der Waals surface area contributed by atoms with Crippen LogP contribution in [-0.4, -0.2) is 45.9 Å². The third-order valence-electron chi connectivity index (χ3n) is 3.50. The van der Waals surface area contributed by atoms with Crippen LogP contribution in [0.3, 0.4) is 0 Å². The van der Waals surface area contributed by atoms with Crippen molar-refractivity contribution in [2.75, 3.05) is 44.1 Å². The molecule has 1 saturated heterocycles. The first-order chi connectivity index (χ1) is 9.72. The Bertz CT molecular complexity index is 433. The molecule has 0 radical (unpaired) electrons. The molecule has 20 heavy (non-hydrogen) atoms. The molecule has 5 heteroatoms. The van der Waals surface area contributed by atoms with E-state index < -0.39 is 0 Å². The summed E-state index contributed by atoms with van der Waals surface area (Å²) in [5.41, 5.74) is 1.95. The molecule has 1 N–H and O–H groups in total. The number of amides is 1. The van der Waals surface area contributed by atoms with Gasteiger partial charge in [-0.1, -0.05) is 0 Å². The van der Waals surface area contributed by atoms with E-state index in [0.717, 1.165) is 37.3 Å². The Balaban J connectivity index is 1.95. The topological polar surface area (TPSA) is 50.8 Å². The summed E-state index contributed by atoms with van der Waals surface area (Å²) < 4.78 is 10.2. The monoisotopic (exact) mass is 278 g/mol. The molecule has 0 spiro atoms. The van der Waals surface area contributed by atoms with E-state index in [0.29, 0.717) is 6.10 Å². The Morgan fingerprint density at radius 2 is 2.10 bits per heavy atom. The van der Waals surface area contributed by atoms with Gasteiger partial charge in [-0.25, -0.2) is 0 Å². The first-order valence-corrected chi connectivity index (χ1v) is 6.89. The van der Waals surface area contributed by atoms with Crippen LogP contribution in [0.15, 0.2) is 24.3 Å². The fourth-order valence-corrected chi connectivity index (χ4v) is 2.45. The zero-order chi connectivity index (χ0) is 14.4. The van der Waals surface area contributed by atoms with Crippen molar-refractivity contribution in [3.63, 3.8) is 0 Å².